The lowest BCUT2D eigenvalue weighted by atomic mass is 9.85. The van der Waals surface area contributed by atoms with Crippen molar-refractivity contribution in [1.82, 2.24) is 0 Å². The topological polar surface area (TPSA) is 20.2 Å². The van der Waals surface area contributed by atoms with Crippen LogP contribution in [0.3, 0.4) is 0 Å². The second kappa shape index (κ2) is 3.34. The molecular weight excluding hydrogens is 207 g/mol. The Kier molecular flexibility index (Phi) is 2.67. The molecule has 0 saturated carbocycles. The summed E-state index contributed by atoms with van der Waals surface area (Å²) in [5.41, 5.74) is -3.06. The highest BCUT2D eigenvalue weighted by atomic mass is 19.2. The van der Waals surface area contributed by atoms with E-state index in [0.717, 1.165) is 0 Å². The summed E-state index contributed by atoms with van der Waals surface area (Å²) in [6.07, 6.45) is 0. The molecule has 0 aromatic carbocycles. The lowest BCUT2D eigenvalue weighted by Gasteiger charge is -2.29. The molecule has 0 aromatic rings. The molecule has 1 rings (SSSR count). The Hall–Kier alpha value is -0.910. The van der Waals surface area contributed by atoms with Crippen LogP contribution in [0, 0.1) is 5.92 Å². The van der Waals surface area contributed by atoms with Crippen LogP contribution in [0.4, 0.5) is 22.0 Å². The smallest absolute Gasteiger partial charge is 0.196 e. The normalized spacial score (nSPS) is 34.1. The molecule has 0 aromatic heterocycles. The van der Waals surface area contributed by atoms with E-state index in [4.69, 9.17) is 5.11 Å². The van der Waals surface area contributed by atoms with Crippen LogP contribution < -0.4 is 0 Å². The summed E-state index contributed by atoms with van der Waals surface area (Å²) in [7, 11) is 0. The predicted octanol–water partition coefficient (Wildman–Crippen LogP) is 2.64. The van der Waals surface area contributed by atoms with Crippen LogP contribution in [0.15, 0.2) is 23.3 Å². The Bertz CT molecular complexity index is 318. The summed E-state index contributed by atoms with van der Waals surface area (Å²) >= 11 is 0. The quantitative estimate of drug-likeness (QED) is 0.665. The van der Waals surface area contributed by atoms with Crippen LogP contribution in [-0.2, 0) is 0 Å². The van der Waals surface area contributed by atoms with Crippen LogP contribution in [-0.4, -0.2) is 17.4 Å². The minimum absolute atomic E-state index is 0.537. The monoisotopic (exact) mass is 214 g/mol. The lowest BCUT2D eigenvalue weighted by Crippen LogP contribution is -2.37. The molecule has 1 aliphatic rings. The number of aliphatic hydroxyl groups is 1. The van der Waals surface area contributed by atoms with Crippen molar-refractivity contribution in [3.8, 4) is 0 Å². The highest BCUT2D eigenvalue weighted by molar-refractivity contribution is 5.37. The summed E-state index contributed by atoms with van der Waals surface area (Å²) < 4.78 is 64.0. The van der Waals surface area contributed by atoms with Gasteiger partial charge in [0.15, 0.2) is 23.1 Å². The average molecular weight is 214 g/mol. The number of rotatable bonds is 1. The van der Waals surface area contributed by atoms with Gasteiger partial charge in [-0.2, -0.15) is 0 Å². The maximum absolute atomic E-state index is 13.3. The van der Waals surface area contributed by atoms with Gasteiger partial charge in [0, 0.05) is 0 Å². The Balaban J connectivity index is 3.31. The van der Waals surface area contributed by atoms with Crippen molar-refractivity contribution in [2.75, 3.05) is 6.61 Å². The third-order valence-electron chi connectivity index (χ3n) is 2.17. The number of allylic oxidation sites excluding steroid dienone is 3. The number of hydrogen-bond acceptors (Lipinski definition) is 1. The zero-order valence-corrected chi connectivity index (χ0v) is 7.12. The van der Waals surface area contributed by atoms with Gasteiger partial charge in [-0.25, -0.2) is 22.0 Å². The molecule has 80 valence electrons. The molecule has 1 nitrogen and oxygen atoms in total. The van der Waals surface area contributed by atoms with Crippen LogP contribution in [0.1, 0.15) is 6.92 Å². The Morgan fingerprint density at radius 1 is 1.21 bits per heavy atom. The van der Waals surface area contributed by atoms with Crippen molar-refractivity contribution in [3.05, 3.63) is 23.3 Å². The molecular formula is C8H7F5O. The van der Waals surface area contributed by atoms with Gasteiger partial charge in [0.05, 0.1) is 12.5 Å². The molecule has 0 amide bonds. The van der Waals surface area contributed by atoms with E-state index in [9.17, 15) is 22.0 Å². The first-order valence-electron chi connectivity index (χ1n) is 3.75. The third kappa shape index (κ3) is 1.33. The first-order valence-corrected chi connectivity index (χ1v) is 3.75. The summed E-state index contributed by atoms with van der Waals surface area (Å²) in [5, 5.41) is 8.53. The molecule has 1 N–H and O–H groups in total. The zero-order valence-electron chi connectivity index (χ0n) is 7.12. The average Bonchev–Trinajstić information content (AvgIpc) is 2.13. The van der Waals surface area contributed by atoms with Gasteiger partial charge in [0.2, 0.25) is 0 Å². The maximum atomic E-state index is 13.3. The Morgan fingerprint density at radius 2 is 1.71 bits per heavy atom. The predicted molar refractivity (Wildman–Crippen MR) is 38.6 cm³/mol. The molecule has 0 saturated heterocycles. The van der Waals surface area contributed by atoms with Crippen molar-refractivity contribution in [2.45, 2.75) is 12.6 Å². The summed E-state index contributed by atoms with van der Waals surface area (Å²) in [6.45, 7) is -0.609. The van der Waals surface area contributed by atoms with Crippen molar-refractivity contribution in [2.24, 2.45) is 5.92 Å². The van der Waals surface area contributed by atoms with Gasteiger partial charge in [0.25, 0.3) is 0 Å². The zero-order chi connectivity index (χ0) is 11.1. The van der Waals surface area contributed by atoms with Gasteiger partial charge in [0.1, 0.15) is 5.83 Å². The first kappa shape index (κ1) is 11.2. The summed E-state index contributed by atoms with van der Waals surface area (Å²) in [6, 6.07) is 0. The molecule has 14 heavy (non-hydrogen) atoms. The highest BCUT2D eigenvalue weighted by Gasteiger charge is 2.49. The Morgan fingerprint density at radius 3 is 2.14 bits per heavy atom. The van der Waals surface area contributed by atoms with Crippen molar-refractivity contribution in [3.63, 3.8) is 0 Å². The van der Waals surface area contributed by atoms with Crippen LogP contribution in [0.25, 0.3) is 0 Å². The minimum atomic E-state index is -3.06. The van der Waals surface area contributed by atoms with Gasteiger partial charge >= 0.3 is 0 Å². The van der Waals surface area contributed by atoms with E-state index in [1.807, 2.05) is 0 Å². The van der Waals surface area contributed by atoms with Gasteiger partial charge in [-0.15, -0.1) is 0 Å². The van der Waals surface area contributed by atoms with Crippen molar-refractivity contribution in [1.29, 1.82) is 0 Å². The van der Waals surface area contributed by atoms with Gasteiger partial charge in [-0.3, -0.25) is 0 Å². The molecule has 0 radical (unpaired) electrons. The molecule has 6 heteroatoms. The van der Waals surface area contributed by atoms with Crippen molar-refractivity contribution >= 4 is 0 Å². The number of aliphatic hydroxyl groups excluding tert-OH is 1. The van der Waals surface area contributed by atoms with E-state index in [1.54, 1.807) is 0 Å². The maximum Gasteiger partial charge on any atom is 0.196 e. The summed E-state index contributed by atoms with van der Waals surface area (Å²) in [4.78, 5) is 0. The molecule has 2 atom stereocenters. The van der Waals surface area contributed by atoms with E-state index in [0.29, 0.717) is 6.92 Å². The number of hydrogen-bond donors (Lipinski definition) is 1. The molecule has 0 fully saturated rings. The lowest BCUT2D eigenvalue weighted by molar-refractivity contribution is 0.0624. The van der Waals surface area contributed by atoms with Gasteiger partial charge < -0.3 is 5.11 Å². The van der Waals surface area contributed by atoms with E-state index >= 15 is 0 Å². The fraction of sp³-hybridized carbons (Fsp3) is 0.500. The van der Waals surface area contributed by atoms with Gasteiger partial charge in [-0.05, 0) is 6.92 Å². The third-order valence-corrected chi connectivity index (χ3v) is 2.17. The largest absolute Gasteiger partial charge is 0.396 e. The first-order chi connectivity index (χ1) is 6.34. The number of halogens is 5. The fourth-order valence-electron chi connectivity index (χ4n) is 1.21. The number of alkyl halides is 1. The second-order valence-corrected chi connectivity index (χ2v) is 3.10. The molecule has 0 bridgehead atoms. The minimum Gasteiger partial charge on any atom is -0.396 e. The molecule has 0 heterocycles. The van der Waals surface area contributed by atoms with Crippen LogP contribution in [0.5, 0.6) is 0 Å². The molecule has 0 aliphatic heterocycles. The van der Waals surface area contributed by atoms with E-state index in [1.165, 1.54) is 0 Å². The molecule has 0 spiro atoms. The van der Waals surface area contributed by atoms with E-state index in [-0.39, 0.29) is 0 Å². The molecule has 2 unspecified atom stereocenters. The molecule has 1 aliphatic carbocycles. The van der Waals surface area contributed by atoms with Crippen LogP contribution >= 0.6 is 0 Å². The van der Waals surface area contributed by atoms with E-state index in [2.05, 4.69) is 0 Å². The van der Waals surface area contributed by atoms with Crippen LogP contribution in [0.2, 0.25) is 0 Å². The summed E-state index contributed by atoms with van der Waals surface area (Å²) in [5.74, 6) is -10.2. The van der Waals surface area contributed by atoms with Gasteiger partial charge in [-0.1, -0.05) is 0 Å². The Labute approximate surface area is 76.5 Å². The van der Waals surface area contributed by atoms with E-state index < -0.39 is 41.5 Å². The second-order valence-electron chi connectivity index (χ2n) is 3.10. The highest BCUT2D eigenvalue weighted by Crippen LogP contribution is 2.45. The standard InChI is InChI=1S/C8H7F5O/c1-8(13)3(2-14)4(9)5(10)6(11)7(8)12/h3,14H,2H2,1H3. The SMILES string of the molecule is CC1(F)C(F)=C(F)C(F)=C(F)C1CO. The fourth-order valence-corrected chi connectivity index (χ4v) is 1.21. The van der Waals surface area contributed by atoms with Crippen molar-refractivity contribution < 1.29 is 27.1 Å².